The van der Waals surface area contributed by atoms with Gasteiger partial charge in [0.25, 0.3) is 0 Å². The standard InChI is InChI=1S/C8H22N4/c9-5-7(11)3-1-2-4-8(12)6-10/h7-8H,1-6,9-12H2. The number of hydrogen-bond donors (Lipinski definition) is 4. The van der Waals surface area contributed by atoms with Crippen molar-refractivity contribution < 1.29 is 0 Å². The fraction of sp³-hybridized carbons (Fsp3) is 1.00. The van der Waals surface area contributed by atoms with Crippen LogP contribution in [0.3, 0.4) is 0 Å². The Balaban J connectivity index is 3.10. The van der Waals surface area contributed by atoms with Gasteiger partial charge in [-0.05, 0) is 12.8 Å². The summed E-state index contributed by atoms with van der Waals surface area (Å²) >= 11 is 0. The third-order valence-electron chi connectivity index (χ3n) is 2.01. The molecule has 2 unspecified atom stereocenters. The predicted molar refractivity (Wildman–Crippen MR) is 52.5 cm³/mol. The van der Waals surface area contributed by atoms with Gasteiger partial charge < -0.3 is 22.9 Å². The monoisotopic (exact) mass is 174 g/mol. The molecule has 0 spiro atoms. The summed E-state index contributed by atoms with van der Waals surface area (Å²) in [6.45, 7) is 1.14. The highest BCUT2D eigenvalue weighted by Crippen LogP contribution is 2.02. The lowest BCUT2D eigenvalue weighted by atomic mass is 10.1. The van der Waals surface area contributed by atoms with Crippen molar-refractivity contribution in [1.82, 2.24) is 0 Å². The van der Waals surface area contributed by atoms with E-state index in [1.165, 1.54) is 0 Å². The maximum Gasteiger partial charge on any atom is 0.0163 e. The van der Waals surface area contributed by atoms with Crippen LogP contribution in [0, 0.1) is 0 Å². The number of rotatable bonds is 7. The Kier molecular flexibility index (Phi) is 7.39. The third kappa shape index (κ3) is 6.54. The molecule has 74 valence electrons. The van der Waals surface area contributed by atoms with Gasteiger partial charge in [0.05, 0.1) is 0 Å². The molecule has 0 radical (unpaired) electrons. The molecular weight excluding hydrogens is 152 g/mol. The van der Waals surface area contributed by atoms with Crippen molar-refractivity contribution in [2.24, 2.45) is 22.9 Å². The summed E-state index contributed by atoms with van der Waals surface area (Å²) in [5.41, 5.74) is 22.0. The van der Waals surface area contributed by atoms with E-state index < -0.39 is 0 Å². The lowest BCUT2D eigenvalue weighted by molar-refractivity contribution is 0.521. The van der Waals surface area contributed by atoms with Crippen molar-refractivity contribution in [3.63, 3.8) is 0 Å². The first kappa shape index (κ1) is 11.8. The van der Waals surface area contributed by atoms with Crippen LogP contribution in [0.2, 0.25) is 0 Å². The van der Waals surface area contributed by atoms with Crippen LogP contribution in [-0.4, -0.2) is 25.2 Å². The molecule has 0 saturated carbocycles. The van der Waals surface area contributed by atoms with Crippen LogP contribution in [0.1, 0.15) is 25.7 Å². The van der Waals surface area contributed by atoms with E-state index in [2.05, 4.69) is 0 Å². The zero-order chi connectivity index (χ0) is 9.40. The molecule has 0 aromatic rings. The van der Waals surface area contributed by atoms with Crippen molar-refractivity contribution in [1.29, 1.82) is 0 Å². The Morgan fingerprint density at radius 1 is 0.750 bits per heavy atom. The summed E-state index contributed by atoms with van der Waals surface area (Å²) in [5, 5.41) is 0. The Labute approximate surface area is 74.7 Å². The largest absolute Gasteiger partial charge is 0.329 e. The lowest BCUT2D eigenvalue weighted by Gasteiger charge is -2.10. The van der Waals surface area contributed by atoms with Crippen molar-refractivity contribution in [3.8, 4) is 0 Å². The molecule has 2 atom stereocenters. The highest BCUT2D eigenvalue weighted by atomic mass is 14.7. The molecule has 0 amide bonds. The molecule has 0 fully saturated rings. The van der Waals surface area contributed by atoms with Crippen LogP contribution in [0.15, 0.2) is 0 Å². The fourth-order valence-corrected chi connectivity index (χ4v) is 1.05. The van der Waals surface area contributed by atoms with Gasteiger partial charge >= 0.3 is 0 Å². The highest BCUT2D eigenvalue weighted by molar-refractivity contribution is 4.64. The Hall–Kier alpha value is -0.160. The Morgan fingerprint density at radius 3 is 1.33 bits per heavy atom. The minimum absolute atomic E-state index is 0.152. The number of unbranched alkanes of at least 4 members (excludes halogenated alkanes) is 1. The minimum Gasteiger partial charge on any atom is -0.329 e. The van der Waals surface area contributed by atoms with Gasteiger partial charge in [0, 0.05) is 25.2 Å². The molecule has 4 nitrogen and oxygen atoms in total. The van der Waals surface area contributed by atoms with Gasteiger partial charge in [0.2, 0.25) is 0 Å². The first-order chi connectivity index (χ1) is 5.70. The number of nitrogens with two attached hydrogens (primary N) is 4. The zero-order valence-electron chi connectivity index (χ0n) is 7.71. The topological polar surface area (TPSA) is 104 Å². The second kappa shape index (κ2) is 7.49. The van der Waals surface area contributed by atoms with Gasteiger partial charge in [-0.2, -0.15) is 0 Å². The van der Waals surface area contributed by atoms with Crippen molar-refractivity contribution in [2.75, 3.05) is 13.1 Å². The normalized spacial score (nSPS) is 16.0. The average molecular weight is 174 g/mol. The van der Waals surface area contributed by atoms with Crippen LogP contribution < -0.4 is 22.9 Å². The van der Waals surface area contributed by atoms with Crippen molar-refractivity contribution >= 4 is 0 Å². The van der Waals surface area contributed by atoms with E-state index in [0.29, 0.717) is 13.1 Å². The van der Waals surface area contributed by atoms with Gasteiger partial charge in [0.1, 0.15) is 0 Å². The van der Waals surface area contributed by atoms with Gasteiger partial charge in [-0.3, -0.25) is 0 Å². The molecule has 12 heavy (non-hydrogen) atoms. The molecule has 0 aromatic carbocycles. The molecule has 0 bridgehead atoms. The Bertz CT molecular complexity index is 85.1. The summed E-state index contributed by atoms with van der Waals surface area (Å²) in [4.78, 5) is 0. The number of hydrogen-bond acceptors (Lipinski definition) is 4. The fourth-order valence-electron chi connectivity index (χ4n) is 1.05. The van der Waals surface area contributed by atoms with Crippen LogP contribution in [0.25, 0.3) is 0 Å². The van der Waals surface area contributed by atoms with Crippen molar-refractivity contribution in [2.45, 2.75) is 37.8 Å². The molecule has 0 rings (SSSR count). The van der Waals surface area contributed by atoms with Crippen LogP contribution in [-0.2, 0) is 0 Å². The van der Waals surface area contributed by atoms with E-state index in [1.807, 2.05) is 0 Å². The van der Waals surface area contributed by atoms with Crippen LogP contribution in [0.5, 0.6) is 0 Å². The molecular formula is C8H22N4. The van der Waals surface area contributed by atoms with E-state index in [-0.39, 0.29) is 12.1 Å². The van der Waals surface area contributed by atoms with E-state index in [4.69, 9.17) is 22.9 Å². The van der Waals surface area contributed by atoms with Crippen LogP contribution in [0.4, 0.5) is 0 Å². The summed E-state index contributed by atoms with van der Waals surface area (Å²) in [7, 11) is 0. The molecule has 0 aliphatic rings. The predicted octanol–water partition coefficient (Wildman–Crippen LogP) is -0.881. The lowest BCUT2D eigenvalue weighted by Crippen LogP contribution is -2.30. The van der Waals surface area contributed by atoms with E-state index in [0.717, 1.165) is 25.7 Å². The second-order valence-corrected chi connectivity index (χ2v) is 3.28. The van der Waals surface area contributed by atoms with Gasteiger partial charge in [-0.25, -0.2) is 0 Å². The summed E-state index contributed by atoms with van der Waals surface area (Å²) in [6, 6.07) is 0.304. The zero-order valence-corrected chi connectivity index (χ0v) is 7.71. The molecule has 4 heteroatoms. The summed E-state index contributed by atoms with van der Waals surface area (Å²) in [5.74, 6) is 0. The molecule has 0 aliphatic heterocycles. The molecule has 0 aliphatic carbocycles. The summed E-state index contributed by atoms with van der Waals surface area (Å²) in [6.07, 6.45) is 4.19. The minimum atomic E-state index is 0.152. The SMILES string of the molecule is NCC(N)CCCCC(N)CN. The highest BCUT2D eigenvalue weighted by Gasteiger charge is 2.01. The third-order valence-corrected chi connectivity index (χ3v) is 2.01. The van der Waals surface area contributed by atoms with E-state index in [1.54, 1.807) is 0 Å². The average Bonchev–Trinajstić information content (AvgIpc) is 2.11. The van der Waals surface area contributed by atoms with Crippen LogP contribution >= 0.6 is 0 Å². The van der Waals surface area contributed by atoms with Gasteiger partial charge in [-0.1, -0.05) is 12.8 Å². The first-order valence-corrected chi connectivity index (χ1v) is 4.62. The first-order valence-electron chi connectivity index (χ1n) is 4.62. The Morgan fingerprint density at radius 2 is 1.08 bits per heavy atom. The summed E-state index contributed by atoms with van der Waals surface area (Å²) < 4.78 is 0. The van der Waals surface area contributed by atoms with E-state index in [9.17, 15) is 0 Å². The molecule has 0 aromatic heterocycles. The maximum absolute atomic E-state index is 5.64. The molecule has 0 saturated heterocycles. The second-order valence-electron chi connectivity index (χ2n) is 3.28. The van der Waals surface area contributed by atoms with Gasteiger partial charge in [0.15, 0.2) is 0 Å². The van der Waals surface area contributed by atoms with Crippen molar-refractivity contribution in [3.05, 3.63) is 0 Å². The molecule has 8 N–H and O–H groups in total. The molecule has 0 heterocycles. The van der Waals surface area contributed by atoms with Gasteiger partial charge in [-0.15, -0.1) is 0 Å². The van der Waals surface area contributed by atoms with E-state index >= 15 is 0 Å². The smallest absolute Gasteiger partial charge is 0.0163 e. The maximum atomic E-state index is 5.64. The quantitative estimate of drug-likeness (QED) is 0.376.